The second-order valence-corrected chi connectivity index (χ2v) is 9.59. The maximum atomic E-state index is 13.8. The van der Waals surface area contributed by atoms with Crippen molar-refractivity contribution in [3.8, 4) is 0 Å². The second kappa shape index (κ2) is 11.0. The van der Waals surface area contributed by atoms with Gasteiger partial charge in [0.05, 0.1) is 23.1 Å². The number of alkyl halides is 5. The Balaban J connectivity index is 1.57. The van der Waals surface area contributed by atoms with Crippen LogP contribution in [0.3, 0.4) is 0 Å². The number of fused-ring (bicyclic) bond motifs is 1. The smallest absolute Gasteiger partial charge is 0.291 e. The number of halogens is 5. The lowest BCUT2D eigenvalue weighted by Gasteiger charge is -2.33. The fourth-order valence-electron chi connectivity index (χ4n) is 4.54. The Hall–Kier alpha value is -3.58. The minimum absolute atomic E-state index is 0.0731. The van der Waals surface area contributed by atoms with Gasteiger partial charge in [-0.25, -0.2) is 31.9 Å². The standard InChI is InChI=1S/C24H28F5N7O2/c1-12(31-22(37)18(27)15(26)10-25)14-3-4-16-17(9-14)33-20(32-16)19(13-5-7-24(28,29)8-6-13)34-23(38)21-30-11-36(2)35-21/h3-4,9,11-13,15,18-19H,5-8,10H2,1-2H3,(H,31,37)(H,32,33)(H,34,38)/t12-,15?,18?,19+/m1/s1. The zero-order valence-corrected chi connectivity index (χ0v) is 20.7. The third kappa shape index (κ3) is 6.10. The van der Waals surface area contributed by atoms with Crippen molar-refractivity contribution in [2.45, 2.75) is 63.0 Å². The van der Waals surface area contributed by atoms with Crippen molar-refractivity contribution in [1.82, 2.24) is 35.4 Å². The van der Waals surface area contributed by atoms with E-state index in [1.807, 2.05) is 0 Å². The third-order valence-corrected chi connectivity index (χ3v) is 6.72. The Morgan fingerprint density at radius 1 is 1.21 bits per heavy atom. The van der Waals surface area contributed by atoms with Crippen LogP contribution in [-0.4, -0.2) is 61.5 Å². The topological polar surface area (TPSA) is 118 Å². The molecule has 9 nitrogen and oxygen atoms in total. The molecule has 1 saturated carbocycles. The molecule has 2 amide bonds. The molecule has 14 heteroatoms. The highest BCUT2D eigenvalue weighted by atomic mass is 19.3. The first-order valence-electron chi connectivity index (χ1n) is 12.2. The van der Waals surface area contributed by atoms with Gasteiger partial charge in [0, 0.05) is 19.9 Å². The van der Waals surface area contributed by atoms with Crippen molar-refractivity contribution < 1.29 is 31.5 Å². The molecule has 38 heavy (non-hydrogen) atoms. The van der Waals surface area contributed by atoms with Crippen LogP contribution in [0.2, 0.25) is 0 Å². The lowest BCUT2D eigenvalue weighted by molar-refractivity contribution is -0.129. The molecule has 0 radical (unpaired) electrons. The van der Waals surface area contributed by atoms with E-state index >= 15 is 0 Å². The molecule has 0 aliphatic heterocycles. The fourth-order valence-corrected chi connectivity index (χ4v) is 4.54. The number of amides is 2. The summed E-state index contributed by atoms with van der Waals surface area (Å²) in [5.41, 5.74) is 1.54. The molecule has 2 aromatic heterocycles. The van der Waals surface area contributed by atoms with Gasteiger partial charge in [-0.1, -0.05) is 6.07 Å². The van der Waals surface area contributed by atoms with E-state index in [9.17, 15) is 31.5 Å². The van der Waals surface area contributed by atoms with Gasteiger partial charge in [0.2, 0.25) is 17.9 Å². The fraction of sp³-hybridized carbons (Fsp3) is 0.542. The van der Waals surface area contributed by atoms with E-state index in [1.165, 1.54) is 11.0 Å². The molecule has 1 aliphatic carbocycles. The van der Waals surface area contributed by atoms with Crippen LogP contribution in [0.25, 0.3) is 11.0 Å². The number of nitrogens with one attached hydrogen (secondary N) is 3. The lowest BCUT2D eigenvalue weighted by Crippen LogP contribution is -2.39. The van der Waals surface area contributed by atoms with Crippen LogP contribution in [0.5, 0.6) is 0 Å². The zero-order chi connectivity index (χ0) is 27.6. The quantitative estimate of drug-likeness (QED) is 0.356. The van der Waals surface area contributed by atoms with E-state index < -0.39 is 48.8 Å². The Kier molecular flexibility index (Phi) is 7.97. The van der Waals surface area contributed by atoms with Gasteiger partial charge >= 0.3 is 0 Å². The summed E-state index contributed by atoms with van der Waals surface area (Å²) in [5.74, 6) is -4.66. The highest BCUT2D eigenvalue weighted by Gasteiger charge is 2.40. The minimum Gasteiger partial charge on any atom is -0.347 e. The number of rotatable bonds is 9. The summed E-state index contributed by atoms with van der Waals surface area (Å²) >= 11 is 0. The van der Waals surface area contributed by atoms with Crippen molar-refractivity contribution in [2.24, 2.45) is 13.0 Å². The van der Waals surface area contributed by atoms with Crippen LogP contribution < -0.4 is 10.6 Å². The number of aromatic amines is 1. The number of nitrogens with zero attached hydrogens (tertiary/aromatic N) is 4. The lowest BCUT2D eigenvalue weighted by atomic mass is 9.81. The van der Waals surface area contributed by atoms with Crippen molar-refractivity contribution in [3.63, 3.8) is 0 Å². The largest absolute Gasteiger partial charge is 0.347 e. The Morgan fingerprint density at radius 2 is 1.92 bits per heavy atom. The molecule has 2 unspecified atom stereocenters. The molecule has 206 valence electrons. The number of carbonyl (C=O) groups excluding carboxylic acids is 2. The number of H-pyrrole nitrogens is 1. The first-order chi connectivity index (χ1) is 18.0. The maximum absolute atomic E-state index is 13.8. The van der Waals surface area contributed by atoms with Crippen molar-refractivity contribution in [1.29, 1.82) is 0 Å². The van der Waals surface area contributed by atoms with Crippen LogP contribution in [0.4, 0.5) is 22.0 Å². The average molecular weight is 542 g/mol. The zero-order valence-electron chi connectivity index (χ0n) is 20.7. The van der Waals surface area contributed by atoms with Crippen LogP contribution >= 0.6 is 0 Å². The predicted octanol–water partition coefficient (Wildman–Crippen LogP) is 3.81. The average Bonchev–Trinajstić information content (AvgIpc) is 3.52. The maximum Gasteiger partial charge on any atom is 0.291 e. The van der Waals surface area contributed by atoms with E-state index in [-0.39, 0.29) is 37.4 Å². The number of aryl methyl sites for hydroxylation is 1. The molecule has 0 spiro atoms. The van der Waals surface area contributed by atoms with Crippen LogP contribution in [0, 0.1) is 5.92 Å². The third-order valence-electron chi connectivity index (χ3n) is 6.72. The molecule has 4 rings (SSSR count). The normalized spacial score (nSPS) is 19.0. The molecule has 3 aromatic rings. The summed E-state index contributed by atoms with van der Waals surface area (Å²) in [4.78, 5) is 36.4. The summed E-state index contributed by atoms with van der Waals surface area (Å²) in [6, 6.07) is 3.42. The number of imidazole rings is 1. The van der Waals surface area contributed by atoms with Gasteiger partial charge in [-0.2, -0.15) is 0 Å². The Morgan fingerprint density at radius 3 is 2.55 bits per heavy atom. The van der Waals surface area contributed by atoms with Gasteiger partial charge < -0.3 is 15.6 Å². The molecular formula is C24H28F5N7O2. The van der Waals surface area contributed by atoms with E-state index in [4.69, 9.17) is 0 Å². The first-order valence-corrected chi connectivity index (χ1v) is 12.2. The van der Waals surface area contributed by atoms with Crippen molar-refractivity contribution in [3.05, 3.63) is 41.7 Å². The molecular weight excluding hydrogens is 513 g/mol. The number of hydrogen-bond donors (Lipinski definition) is 3. The van der Waals surface area contributed by atoms with E-state index in [1.54, 1.807) is 32.2 Å². The van der Waals surface area contributed by atoms with E-state index in [2.05, 4.69) is 30.7 Å². The van der Waals surface area contributed by atoms with E-state index in [0.29, 0.717) is 22.4 Å². The van der Waals surface area contributed by atoms with Crippen molar-refractivity contribution in [2.75, 3.05) is 6.67 Å². The summed E-state index contributed by atoms with van der Waals surface area (Å²) in [7, 11) is 1.61. The van der Waals surface area contributed by atoms with Crippen LogP contribution in [-0.2, 0) is 11.8 Å². The highest BCUT2D eigenvalue weighted by Crippen LogP contribution is 2.41. The molecule has 4 atom stereocenters. The Bertz CT molecular complexity index is 1290. The van der Waals surface area contributed by atoms with Gasteiger partial charge in [-0.3, -0.25) is 14.3 Å². The number of benzene rings is 1. The monoisotopic (exact) mass is 541 g/mol. The summed E-state index contributed by atoms with van der Waals surface area (Å²) in [6.45, 7) is -0.0601. The predicted molar refractivity (Wildman–Crippen MR) is 127 cm³/mol. The van der Waals surface area contributed by atoms with Gasteiger partial charge in [0.25, 0.3) is 11.8 Å². The van der Waals surface area contributed by atoms with E-state index in [0.717, 1.165) is 0 Å². The van der Waals surface area contributed by atoms with Gasteiger partial charge in [0.15, 0.2) is 6.17 Å². The molecule has 0 saturated heterocycles. The van der Waals surface area contributed by atoms with Crippen LogP contribution in [0.15, 0.2) is 24.5 Å². The molecule has 1 fully saturated rings. The minimum atomic E-state index is -2.76. The highest BCUT2D eigenvalue weighted by molar-refractivity contribution is 5.90. The summed E-state index contributed by atoms with van der Waals surface area (Å²) in [6.07, 6.45) is -4.12. The summed E-state index contributed by atoms with van der Waals surface area (Å²) < 4.78 is 68.4. The first kappa shape index (κ1) is 27.5. The van der Waals surface area contributed by atoms with Gasteiger partial charge in [0.1, 0.15) is 18.8 Å². The molecule has 1 aromatic carbocycles. The SMILES string of the molecule is C[C@@H](NC(=O)C(F)C(F)CF)c1ccc2nc([C@@H](NC(=O)c3ncn(C)n3)C3CCC(F)(F)CC3)[nH]c2c1. The Labute approximate surface area is 214 Å². The number of carbonyl (C=O) groups is 2. The second-order valence-electron chi connectivity index (χ2n) is 9.59. The number of hydrogen-bond acceptors (Lipinski definition) is 5. The van der Waals surface area contributed by atoms with Crippen LogP contribution in [0.1, 0.15) is 66.7 Å². The van der Waals surface area contributed by atoms with Gasteiger partial charge in [-0.05, 0) is 43.4 Å². The molecule has 0 bridgehead atoms. The van der Waals surface area contributed by atoms with Crippen molar-refractivity contribution >= 4 is 22.8 Å². The molecule has 2 heterocycles. The van der Waals surface area contributed by atoms with Gasteiger partial charge in [-0.15, -0.1) is 5.10 Å². The molecule has 1 aliphatic rings. The number of aromatic nitrogens is 5. The molecule has 3 N–H and O–H groups in total. The summed E-state index contributed by atoms with van der Waals surface area (Å²) in [5, 5.41) is 9.13.